The van der Waals surface area contributed by atoms with Crippen molar-refractivity contribution in [3.63, 3.8) is 0 Å². The van der Waals surface area contributed by atoms with Crippen LogP contribution in [-0.2, 0) is 17.9 Å². The second-order valence-corrected chi connectivity index (χ2v) is 7.69. The van der Waals surface area contributed by atoms with Gasteiger partial charge in [0, 0.05) is 23.8 Å². The third-order valence-electron chi connectivity index (χ3n) is 4.70. The molecule has 0 saturated heterocycles. The normalized spacial score (nSPS) is 11.9. The minimum atomic E-state index is -0.348. The number of nitrogens with zero attached hydrogens (tertiary/aromatic N) is 3. The molecule has 1 atom stereocenters. The highest BCUT2D eigenvalue weighted by atomic mass is 32.1. The van der Waals surface area contributed by atoms with Gasteiger partial charge in [0.25, 0.3) is 0 Å². The molecule has 0 fully saturated rings. The van der Waals surface area contributed by atoms with Crippen molar-refractivity contribution in [1.29, 1.82) is 0 Å². The predicted molar refractivity (Wildman–Crippen MR) is 118 cm³/mol. The topological polar surface area (TPSA) is 76.6 Å². The van der Waals surface area contributed by atoms with Crippen LogP contribution >= 0.6 is 11.3 Å². The van der Waals surface area contributed by atoms with Gasteiger partial charge in [-0.2, -0.15) is 0 Å². The zero-order chi connectivity index (χ0) is 21.3. The number of ether oxygens (including phenoxy) is 2. The Morgan fingerprint density at radius 2 is 2.00 bits per heavy atom. The maximum absolute atomic E-state index is 12.6. The molecule has 0 bridgehead atoms. The molecule has 8 heteroatoms. The molecule has 1 amide bonds. The summed E-state index contributed by atoms with van der Waals surface area (Å²) in [5, 5.41) is 4.78. The number of rotatable bonds is 10. The van der Waals surface area contributed by atoms with Crippen molar-refractivity contribution in [2.45, 2.75) is 33.0 Å². The van der Waals surface area contributed by atoms with Crippen molar-refractivity contribution in [1.82, 2.24) is 14.9 Å². The van der Waals surface area contributed by atoms with Gasteiger partial charge in [-0.25, -0.2) is 9.97 Å². The standard InChI is InChI=1S/C22H26N4O3S/c1-4-26(16(2)21(27)25-22-23-10-6-11-24-22)14-17-8-9-19(20(13-17)28-3)29-15-18-7-5-12-30-18/h5-13,16H,4,14-15H2,1-3H3,(H,23,24,25,27). The van der Waals surface area contributed by atoms with E-state index < -0.39 is 0 Å². The Labute approximate surface area is 180 Å². The van der Waals surface area contributed by atoms with Gasteiger partial charge in [0.1, 0.15) is 6.61 Å². The molecular formula is C22H26N4O3S. The molecule has 0 spiro atoms. The lowest BCUT2D eigenvalue weighted by Gasteiger charge is -2.27. The molecule has 2 aromatic heterocycles. The van der Waals surface area contributed by atoms with Crippen molar-refractivity contribution in [3.8, 4) is 11.5 Å². The van der Waals surface area contributed by atoms with Crippen molar-refractivity contribution >= 4 is 23.2 Å². The molecule has 0 aliphatic rings. The summed E-state index contributed by atoms with van der Waals surface area (Å²) in [5.41, 5.74) is 1.03. The monoisotopic (exact) mass is 426 g/mol. The van der Waals surface area contributed by atoms with Crippen LogP contribution in [0.5, 0.6) is 11.5 Å². The number of carbonyl (C=O) groups is 1. The van der Waals surface area contributed by atoms with Crippen molar-refractivity contribution < 1.29 is 14.3 Å². The predicted octanol–water partition coefficient (Wildman–Crippen LogP) is 3.97. The van der Waals surface area contributed by atoms with Crippen LogP contribution < -0.4 is 14.8 Å². The number of benzene rings is 1. The molecule has 3 aromatic rings. The number of hydrogen-bond donors (Lipinski definition) is 1. The van der Waals surface area contributed by atoms with Gasteiger partial charge in [-0.15, -0.1) is 11.3 Å². The quantitative estimate of drug-likeness (QED) is 0.529. The third-order valence-corrected chi connectivity index (χ3v) is 5.55. The van der Waals surface area contributed by atoms with Crippen molar-refractivity contribution in [2.75, 3.05) is 19.0 Å². The summed E-state index contributed by atoms with van der Waals surface area (Å²) in [7, 11) is 1.63. The van der Waals surface area contributed by atoms with E-state index in [0.717, 1.165) is 10.4 Å². The molecule has 1 unspecified atom stereocenters. The van der Waals surface area contributed by atoms with E-state index in [0.29, 0.717) is 37.1 Å². The summed E-state index contributed by atoms with van der Waals surface area (Å²) in [6.07, 6.45) is 3.19. The van der Waals surface area contributed by atoms with Gasteiger partial charge in [0.2, 0.25) is 11.9 Å². The average molecular weight is 427 g/mol. The fourth-order valence-corrected chi connectivity index (χ4v) is 3.59. The Morgan fingerprint density at radius 1 is 1.20 bits per heavy atom. The molecule has 0 saturated carbocycles. The number of methoxy groups -OCH3 is 1. The van der Waals surface area contributed by atoms with Crippen molar-refractivity contribution in [2.24, 2.45) is 0 Å². The molecule has 0 radical (unpaired) electrons. The minimum absolute atomic E-state index is 0.147. The smallest absolute Gasteiger partial charge is 0.243 e. The first kappa shape index (κ1) is 21.7. The summed E-state index contributed by atoms with van der Waals surface area (Å²) in [6, 6.07) is 11.3. The maximum Gasteiger partial charge on any atom is 0.243 e. The first-order chi connectivity index (χ1) is 14.6. The highest BCUT2D eigenvalue weighted by molar-refractivity contribution is 7.09. The fraction of sp³-hybridized carbons (Fsp3) is 0.318. The Morgan fingerprint density at radius 3 is 2.67 bits per heavy atom. The lowest BCUT2D eigenvalue weighted by Crippen LogP contribution is -2.41. The SMILES string of the molecule is CCN(Cc1ccc(OCc2cccs2)c(OC)c1)C(C)C(=O)Nc1ncccn1. The maximum atomic E-state index is 12.6. The third kappa shape index (κ3) is 5.77. The highest BCUT2D eigenvalue weighted by Gasteiger charge is 2.21. The van der Waals surface area contributed by atoms with Gasteiger partial charge < -0.3 is 9.47 Å². The number of thiophene rings is 1. The first-order valence-electron chi connectivity index (χ1n) is 9.74. The van der Waals surface area contributed by atoms with Crippen LogP contribution in [0.4, 0.5) is 5.95 Å². The van der Waals surface area contributed by atoms with E-state index in [4.69, 9.17) is 9.47 Å². The number of carbonyl (C=O) groups excluding carboxylic acids is 1. The van der Waals surface area contributed by atoms with E-state index in [9.17, 15) is 4.79 Å². The molecule has 158 valence electrons. The minimum Gasteiger partial charge on any atom is -0.493 e. The number of hydrogen-bond acceptors (Lipinski definition) is 7. The largest absolute Gasteiger partial charge is 0.493 e. The fourth-order valence-electron chi connectivity index (χ4n) is 2.97. The summed E-state index contributed by atoms with van der Waals surface area (Å²) in [6.45, 7) is 5.72. The van der Waals surface area contributed by atoms with E-state index in [2.05, 4.69) is 20.2 Å². The molecule has 2 heterocycles. The van der Waals surface area contributed by atoms with Gasteiger partial charge in [0.05, 0.1) is 13.2 Å². The second-order valence-electron chi connectivity index (χ2n) is 6.65. The van der Waals surface area contributed by atoms with E-state index in [-0.39, 0.29) is 11.9 Å². The zero-order valence-corrected chi connectivity index (χ0v) is 18.2. The van der Waals surface area contributed by atoms with Gasteiger partial charge in [-0.3, -0.25) is 15.0 Å². The van der Waals surface area contributed by atoms with Crippen LogP contribution in [0.3, 0.4) is 0 Å². The van der Waals surface area contributed by atoms with Crippen LogP contribution in [0.15, 0.2) is 54.2 Å². The Bertz CT molecular complexity index is 935. The first-order valence-corrected chi connectivity index (χ1v) is 10.6. The molecular weight excluding hydrogens is 400 g/mol. The van der Waals surface area contributed by atoms with Gasteiger partial charge in [0.15, 0.2) is 11.5 Å². The molecule has 0 aliphatic carbocycles. The highest BCUT2D eigenvalue weighted by Crippen LogP contribution is 2.30. The molecule has 7 nitrogen and oxygen atoms in total. The van der Waals surface area contributed by atoms with E-state index >= 15 is 0 Å². The summed E-state index contributed by atoms with van der Waals surface area (Å²) in [4.78, 5) is 23.9. The molecule has 1 aromatic carbocycles. The molecule has 1 N–H and O–H groups in total. The average Bonchev–Trinajstić information content (AvgIpc) is 3.30. The zero-order valence-electron chi connectivity index (χ0n) is 17.4. The van der Waals surface area contributed by atoms with E-state index in [1.807, 2.05) is 49.6 Å². The molecule has 30 heavy (non-hydrogen) atoms. The van der Waals surface area contributed by atoms with Crippen LogP contribution in [0.2, 0.25) is 0 Å². The lowest BCUT2D eigenvalue weighted by molar-refractivity contribution is -0.120. The van der Waals surface area contributed by atoms with Crippen LogP contribution in [0, 0.1) is 0 Å². The van der Waals surface area contributed by atoms with Crippen LogP contribution in [0.25, 0.3) is 0 Å². The number of anilines is 1. The summed E-state index contributed by atoms with van der Waals surface area (Å²) in [5.74, 6) is 1.53. The number of likely N-dealkylation sites (N-methyl/N-ethyl adjacent to an activating group) is 1. The van der Waals surface area contributed by atoms with E-state index in [1.54, 1.807) is 36.9 Å². The van der Waals surface area contributed by atoms with Gasteiger partial charge in [-0.1, -0.05) is 19.1 Å². The Balaban J connectivity index is 1.64. The number of amides is 1. The molecule has 3 rings (SSSR count). The number of aromatic nitrogens is 2. The van der Waals surface area contributed by atoms with Gasteiger partial charge >= 0.3 is 0 Å². The molecule has 0 aliphatic heterocycles. The lowest BCUT2D eigenvalue weighted by atomic mass is 10.1. The second kappa shape index (κ2) is 10.7. The van der Waals surface area contributed by atoms with Crippen molar-refractivity contribution in [3.05, 3.63) is 64.6 Å². The number of nitrogens with one attached hydrogen (secondary N) is 1. The Kier molecular flexibility index (Phi) is 7.75. The van der Waals surface area contributed by atoms with E-state index in [1.165, 1.54) is 0 Å². The van der Waals surface area contributed by atoms with Gasteiger partial charge in [-0.05, 0) is 48.7 Å². The van der Waals surface area contributed by atoms with Crippen LogP contribution in [0.1, 0.15) is 24.3 Å². The summed E-state index contributed by atoms with van der Waals surface area (Å²) >= 11 is 1.66. The van der Waals surface area contributed by atoms with Crippen LogP contribution in [-0.4, -0.2) is 40.5 Å². The Hall–Kier alpha value is -2.97. The summed E-state index contributed by atoms with van der Waals surface area (Å²) < 4.78 is 11.4.